The molecule has 1 heterocycles. The van der Waals surface area contributed by atoms with Crippen LogP contribution in [0.3, 0.4) is 0 Å². The molecule has 0 atom stereocenters. The van der Waals surface area contributed by atoms with E-state index in [0.717, 1.165) is 42.8 Å². The average Bonchev–Trinajstić information content (AvgIpc) is 3.14. The monoisotopic (exact) mass is 360 g/mol. The first-order chi connectivity index (χ1) is 12.6. The summed E-state index contributed by atoms with van der Waals surface area (Å²) in [5.74, 6) is 3.19. The summed E-state index contributed by atoms with van der Waals surface area (Å²) >= 11 is 0. The Hall–Kier alpha value is -2.77. The van der Waals surface area contributed by atoms with Crippen molar-refractivity contribution < 1.29 is 9.47 Å². The minimum Gasteiger partial charge on any atom is -0.493 e. The van der Waals surface area contributed by atoms with Gasteiger partial charge in [-0.25, -0.2) is 0 Å². The number of methoxy groups -OCH3 is 2. The maximum atomic E-state index is 5.36. The second-order valence-corrected chi connectivity index (χ2v) is 5.79. The first kappa shape index (κ1) is 19.6. The Morgan fingerprint density at radius 2 is 2.04 bits per heavy atom. The average molecular weight is 360 g/mol. The van der Waals surface area contributed by atoms with Gasteiger partial charge in [0.25, 0.3) is 0 Å². The molecular weight excluding hydrogens is 332 g/mol. The SMILES string of the molecule is CCn1cnnc1CNC(=NC)N(C)CCc1ccc(OC)c(OC)c1. The Balaban J connectivity index is 1.92. The van der Waals surface area contributed by atoms with Crippen molar-refractivity contribution in [1.82, 2.24) is 25.0 Å². The molecule has 8 nitrogen and oxygen atoms in total. The summed E-state index contributed by atoms with van der Waals surface area (Å²) in [4.78, 5) is 6.43. The molecule has 0 fully saturated rings. The lowest BCUT2D eigenvalue weighted by atomic mass is 10.1. The van der Waals surface area contributed by atoms with E-state index in [1.807, 2.05) is 23.7 Å². The number of aromatic nitrogens is 3. The van der Waals surface area contributed by atoms with E-state index in [1.54, 1.807) is 27.6 Å². The van der Waals surface area contributed by atoms with Gasteiger partial charge in [0.05, 0.1) is 20.8 Å². The summed E-state index contributed by atoms with van der Waals surface area (Å²) < 4.78 is 12.6. The molecule has 2 rings (SSSR count). The summed E-state index contributed by atoms with van der Waals surface area (Å²) in [5, 5.41) is 11.4. The van der Waals surface area contributed by atoms with E-state index in [1.165, 1.54) is 5.56 Å². The molecule has 1 aromatic heterocycles. The third-order valence-electron chi connectivity index (χ3n) is 4.20. The topological polar surface area (TPSA) is 76.8 Å². The van der Waals surface area contributed by atoms with Crippen LogP contribution in [0.25, 0.3) is 0 Å². The first-order valence-corrected chi connectivity index (χ1v) is 8.62. The summed E-state index contributed by atoms with van der Waals surface area (Å²) in [5.41, 5.74) is 1.18. The van der Waals surface area contributed by atoms with E-state index in [2.05, 4.69) is 38.4 Å². The van der Waals surface area contributed by atoms with E-state index in [9.17, 15) is 0 Å². The molecule has 26 heavy (non-hydrogen) atoms. The molecule has 1 aromatic carbocycles. The van der Waals surface area contributed by atoms with Crippen LogP contribution in [-0.4, -0.2) is 60.5 Å². The molecule has 0 saturated carbocycles. The number of guanidine groups is 1. The second kappa shape index (κ2) is 9.65. The molecule has 0 saturated heterocycles. The first-order valence-electron chi connectivity index (χ1n) is 8.62. The summed E-state index contributed by atoms with van der Waals surface area (Å²) in [6.45, 7) is 4.31. The highest BCUT2D eigenvalue weighted by Gasteiger charge is 2.10. The molecule has 0 aliphatic carbocycles. The maximum Gasteiger partial charge on any atom is 0.193 e. The van der Waals surface area contributed by atoms with Gasteiger partial charge < -0.3 is 24.3 Å². The van der Waals surface area contributed by atoms with Gasteiger partial charge in [-0.15, -0.1) is 10.2 Å². The fourth-order valence-corrected chi connectivity index (χ4v) is 2.66. The molecule has 0 amide bonds. The Labute approximate surface area is 154 Å². The van der Waals surface area contributed by atoms with Crippen LogP contribution in [0.5, 0.6) is 11.5 Å². The van der Waals surface area contributed by atoms with Crippen LogP contribution >= 0.6 is 0 Å². The molecule has 0 spiro atoms. The van der Waals surface area contributed by atoms with Gasteiger partial charge in [0, 0.05) is 27.2 Å². The van der Waals surface area contributed by atoms with Gasteiger partial charge in [-0.2, -0.15) is 0 Å². The molecule has 8 heteroatoms. The minimum atomic E-state index is 0.585. The molecule has 142 valence electrons. The number of nitrogens with one attached hydrogen (secondary N) is 1. The van der Waals surface area contributed by atoms with Gasteiger partial charge in [-0.05, 0) is 31.0 Å². The molecule has 0 unspecified atom stereocenters. The molecule has 0 aliphatic rings. The van der Waals surface area contributed by atoms with Gasteiger partial charge >= 0.3 is 0 Å². The van der Waals surface area contributed by atoms with Crippen molar-refractivity contribution in [2.45, 2.75) is 26.4 Å². The van der Waals surface area contributed by atoms with Crippen molar-refractivity contribution in [3.63, 3.8) is 0 Å². The number of benzene rings is 1. The van der Waals surface area contributed by atoms with Gasteiger partial charge in [0.1, 0.15) is 6.33 Å². The largest absolute Gasteiger partial charge is 0.493 e. The van der Waals surface area contributed by atoms with Gasteiger partial charge in [0.2, 0.25) is 0 Å². The fourth-order valence-electron chi connectivity index (χ4n) is 2.66. The number of ether oxygens (including phenoxy) is 2. The van der Waals surface area contributed by atoms with Crippen molar-refractivity contribution in [3.8, 4) is 11.5 Å². The molecule has 2 aromatic rings. The van der Waals surface area contributed by atoms with E-state index < -0.39 is 0 Å². The highest BCUT2D eigenvalue weighted by Crippen LogP contribution is 2.27. The Morgan fingerprint density at radius 3 is 2.69 bits per heavy atom. The van der Waals surface area contributed by atoms with Crippen LogP contribution in [0, 0.1) is 0 Å². The number of hydrogen-bond donors (Lipinski definition) is 1. The van der Waals surface area contributed by atoms with Gasteiger partial charge in [-0.3, -0.25) is 4.99 Å². The predicted molar refractivity (Wildman–Crippen MR) is 102 cm³/mol. The summed E-state index contributed by atoms with van der Waals surface area (Å²) in [6.07, 6.45) is 2.60. The van der Waals surface area contributed by atoms with Crippen molar-refractivity contribution >= 4 is 5.96 Å². The van der Waals surface area contributed by atoms with Crippen LogP contribution in [0.15, 0.2) is 29.5 Å². The van der Waals surface area contributed by atoms with E-state index in [0.29, 0.717) is 6.54 Å². The number of nitrogens with zero attached hydrogens (tertiary/aromatic N) is 5. The highest BCUT2D eigenvalue weighted by molar-refractivity contribution is 5.79. The quantitative estimate of drug-likeness (QED) is 0.569. The van der Waals surface area contributed by atoms with Crippen LogP contribution < -0.4 is 14.8 Å². The van der Waals surface area contributed by atoms with E-state index in [4.69, 9.17) is 9.47 Å². The summed E-state index contributed by atoms with van der Waals surface area (Å²) in [7, 11) is 7.08. The lowest BCUT2D eigenvalue weighted by Gasteiger charge is -2.22. The fraction of sp³-hybridized carbons (Fsp3) is 0.500. The number of hydrogen-bond acceptors (Lipinski definition) is 5. The Bertz CT molecular complexity index is 728. The molecule has 0 aliphatic heterocycles. The number of rotatable bonds is 8. The van der Waals surface area contributed by atoms with Crippen molar-refractivity contribution in [1.29, 1.82) is 0 Å². The van der Waals surface area contributed by atoms with Crippen LogP contribution in [-0.2, 0) is 19.5 Å². The van der Waals surface area contributed by atoms with Gasteiger partial charge in [0.15, 0.2) is 23.3 Å². The second-order valence-electron chi connectivity index (χ2n) is 5.79. The summed E-state index contributed by atoms with van der Waals surface area (Å²) in [6, 6.07) is 5.99. The molecule has 0 bridgehead atoms. The number of aliphatic imine (C=N–C) groups is 1. The van der Waals surface area contributed by atoms with Crippen molar-refractivity contribution in [3.05, 3.63) is 35.9 Å². The maximum absolute atomic E-state index is 5.36. The van der Waals surface area contributed by atoms with E-state index in [-0.39, 0.29) is 0 Å². The number of aryl methyl sites for hydroxylation is 1. The minimum absolute atomic E-state index is 0.585. The normalized spacial score (nSPS) is 11.3. The zero-order chi connectivity index (χ0) is 18.9. The lowest BCUT2D eigenvalue weighted by molar-refractivity contribution is 0.354. The van der Waals surface area contributed by atoms with Crippen LogP contribution in [0.4, 0.5) is 0 Å². The highest BCUT2D eigenvalue weighted by atomic mass is 16.5. The van der Waals surface area contributed by atoms with Crippen molar-refractivity contribution in [2.24, 2.45) is 4.99 Å². The van der Waals surface area contributed by atoms with E-state index >= 15 is 0 Å². The predicted octanol–water partition coefficient (Wildman–Crippen LogP) is 1.57. The Morgan fingerprint density at radius 1 is 1.27 bits per heavy atom. The Kier molecular flexibility index (Phi) is 7.25. The van der Waals surface area contributed by atoms with Crippen LogP contribution in [0.2, 0.25) is 0 Å². The zero-order valence-electron chi connectivity index (χ0n) is 16.2. The van der Waals surface area contributed by atoms with Crippen LogP contribution in [0.1, 0.15) is 18.3 Å². The molecular formula is C18H28N6O2. The lowest BCUT2D eigenvalue weighted by Crippen LogP contribution is -2.40. The smallest absolute Gasteiger partial charge is 0.193 e. The van der Waals surface area contributed by atoms with Gasteiger partial charge in [-0.1, -0.05) is 6.07 Å². The standard InChI is InChI=1S/C18H28N6O2/c1-6-24-13-21-22-17(24)12-20-18(19-2)23(3)10-9-14-7-8-15(25-4)16(11-14)26-5/h7-8,11,13H,6,9-10,12H2,1-5H3,(H,19,20). The number of likely N-dealkylation sites (N-methyl/N-ethyl adjacent to an activating group) is 1. The zero-order valence-corrected chi connectivity index (χ0v) is 16.2. The van der Waals surface area contributed by atoms with Crippen molar-refractivity contribution in [2.75, 3.05) is 34.9 Å². The third-order valence-corrected chi connectivity index (χ3v) is 4.20. The molecule has 1 N–H and O–H groups in total. The molecule has 0 radical (unpaired) electrons. The third kappa shape index (κ3) is 4.87.